The molecule has 0 saturated heterocycles. The van der Waals surface area contributed by atoms with Crippen LogP contribution < -0.4 is 0 Å². The lowest BCUT2D eigenvalue weighted by Gasteiger charge is -2.44. The summed E-state index contributed by atoms with van der Waals surface area (Å²) in [7, 11) is 0. The van der Waals surface area contributed by atoms with Crippen LogP contribution in [-0.4, -0.2) is 0 Å². The van der Waals surface area contributed by atoms with Crippen molar-refractivity contribution in [2.45, 2.75) is 80.6 Å². The Morgan fingerprint density at radius 1 is 1.06 bits per heavy atom. The van der Waals surface area contributed by atoms with E-state index in [-0.39, 0.29) is 0 Å². The lowest BCUT2D eigenvalue weighted by molar-refractivity contribution is 0.130. The van der Waals surface area contributed by atoms with Gasteiger partial charge in [0, 0.05) is 0 Å². The Morgan fingerprint density at radius 2 is 1.62 bits per heavy atom. The number of hydrogen-bond donors (Lipinski definition) is 0. The molecule has 0 aromatic heterocycles. The molecule has 0 fully saturated rings. The molecule has 1 radical (unpaired) electrons. The van der Waals surface area contributed by atoms with Crippen molar-refractivity contribution in [1.82, 2.24) is 0 Å². The first kappa shape index (κ1) is 16.0. The first-order valence-electron chi connectivity index (χ1n) is 7.21. The molecule has 0 aromatic carbocycles. The summed E-state index contributed by atoms with van der Waals surface area (Å²) in [4.78, 5) is 0. The minimum Gasteiger partial charge on any atom is -0.0654 e. The Labute approximate surface area is 104 Å². The van der Waals surface area contributed by atoms with Crippen LogP contribution >= 0.6 is 0 Å². The maximum atomic E-state index is 2.45. The molecule has 16 heavy (non-hydrogen) atoms. The molecule has 0 spiro atoms. The predicted octanol–water partition coefficient (Wildman–Crippen LogP) is 5.87. The molecule has 0 nitrogen and oxygen atoms in total. The molecule has 2 atom stereocenters. The zero-order chi connectivity index (χ0) is 12.8. The third-order valence-corrected chi connectivity index (χ3v) is 4.30. The standard InChI is InChI=1S/C16H33/c1-8-10-11-16(14(5)6,12-13(3)4)15(7)9-2/h13,15H,8-12H2,1-7H3. The molecule has 0 aliphatic carbocycles. The highest BCUT2D eigenvalue weighted by molar-refractivity contribution is 5.03. The van der Waals surface area contributed by atoms with Crippen molar-refractivity contribution in [2.75, 3.05) is 0 Å². The van der Waals surface area contributed by atoms with Gasteiger partial charge in [0.15, 0.2) is 0 Å². The van der Waals surface area contributed by atoms with Crippen LogP contribution in [0, 0.1) is 23.2 Å². The van der Waals surface area contributed by atoms with Gasteiger partial charge in [0.2, 0.25) is 0 Å². The number of rotatable bonds is 8. The van der Waals surface area contributed by atoms with Gasteiger partial charge in [-0.2, -0.15) is 0 Å². The van der Waals surface area contributed by atoms with Crippen molar-refractivity contribution >= 4 is 0 Å². The predicted molar refractivity (Wildman–Crippen MR) is 75.5 cm³/mol. The highest BCUT2D eigenvalue weighted by atomic mass is 14.4. The van der Waals surface area contributed by atoms with Crippen LogP contribution in [0.2, 0.25) is 0 Å². The summed E-state index contributed by atoms with van der Waals surface area (Å²) < 4.78 is 0. The Morgan fingerprint density at radius 3 is 1.94 bits per heavy atom. The summed E-state index contributed by atoms with van der Waals surface area (Å²) in [6.45, 7) is 16.5. The van der Waals surface area contributed by atoms with Gasteiger partial charge in [0.1, 0.15) is 0 Å². The zero-order valence-electron chi connectivity index (χ0n) is 12.7. The lowest BCUT2D eigenvalue weighted by Crippen LogP contribution is -2.34. The molecule has 0 heterocycles. The van der Waals surface area contributed by atoms with Crippen LogP contribution in [0.5, 0.6) is 0 Å². The first-order chi connectivity index (χ1) is 7.40. The van der Waals surface area contributed by atoms with Crippen molar-refractivity contribution in [2.24, 2.45) is 17.3 Å². The van der Waals surface area contributed by atoms with Gasteiger partial charge in [-0.05, 0) is 36.0 Å². The lowest BCUT2D eigenvalue weighted by atomic mass is 9.61. The molecule has 0 aliphatic heterocycles. The summed E-state index contributed by atoms with van der Waals surface area (Å²) in [6, 6.07) is 0. The monoisotopic (exact) mass is 225 g/mol. The molecule has 2 unspecified atom stereocenters. The fourth-order valence-corrected chi connectivity index (χ4v) is 3.11. The SMILES string of the molecule is CCCCC(CC(C)C)([C](C)C)C(C)CC. The second-order valence-corrected chi connectivity index (χ2v) is 6.17. The minimum atomic E-state index is 0.499. The summed E-state index contributed by atoms with van der Waals surface area (Å²) in [5, 5.41) is 0. The number of unbranched alkanes of at least 4 members (excludes halogenated alkanes) is 1. The molecular formula is C16H33. The Balaban J connectivity index is 4.88. The van der Waals surface area contributed by atoms with Gasteiger partial charge in [0.05, 0.1) is 0 Å². The maximum absolute atomic E-state index is 2.45. The zero-order valence-corrected chi connectivity index (χ0v) is 12.7. The fourth-order valence-electron chi connectivity index (χ4n) is 3.11. The topological polar surface area (TPSA) is 0 Å². The highest BCUT2D eigenvalue weighted by Crippen LogP contribution is 2.48. The maximum Gasteiger partial charge on any atom is -0.0213 e. The average Bonchev–Trinajstić information content (AvgIpc) is 2.22. The fraction of sp³-hybridized carbons (Fsp3) is 0.938. The van der Waals surface area contributed by atoms with Crippen LogP contribution in [0.3, 0.4) is 0 Å². The molecule has 0 aliphatic rings. The summed E-state index contributed by atoms with van der Waals surface area (Å²) >= 11 is 0. The summed E-state index contributed by atoms with van der Waals surface area (Å²) in [6.07, 6.45) is 6.76. The summed E-state index contributed by atoms with van der Waals surface area (Å²) in [5.74, 6) is 3.29. The van der Waals surface area contributed by atoms with Gasteiger partial charge < -0.3 is 0 Å². The molecule has 0 aromatic rings. The molecule has 0 saturated carbocycles. The molecule has 0 N–H and O–H groups in total. The molecular weight excluding hydrogens is 192 g/mol. The van der Waals surface area contributed by atoms with E-state index in [2.05, 4.69) is 48.5 Å². The Kier molecular flexibility index (Phi) is 7.35. The van der Waals surface area contributed by atoms with Crippen LogP contribution in [0.4, 0.5) is 0 Å². The molecule has 0 heteroatoms. The van der Waals surface area contributed by atoms with Crippen LogP contribution in [0.15, 0.2) is 0 Å². The van der Waals surface area contributed by atoms with E-state index in [0.717, 1.165) is 11.8 Å². The third kappa shape index (κ3) is 4.11. The van der Waals surface area contributed by atoms with Crippen LogP contribution in [0.1, 0.15) is 80.6 Å². The van der Waals surface area contributed by atoms with Gasteiger partial charge in [-0.25, -0.2) is 0 Å². The van der Waals surface area contributed by atoms with Crippen molar-refractivity contribution in [1.29, 1.82) is 0 Å². The Bertz CT molecular complexity index is 169. The van der Waals surface area contributed by atoms with E-state index in [9.17, 15) is 0 Å². The van der Waals surface area contributed by atoms with E-state index in [1.165, 1.54) is 32.1 Å². The molecule has 0 amide bonds. The largest absolute Gasteiger partial charge is 0.0654 e. The molecule has 0 rings (SSSR count). The third-order valence-electron chi connectivity index (χ3n) is 4.30. The quantitative estimate of drug-likeness (QED) is 0.484. The number of hydrogen-bond acceptors (Lipinski definition) is 0. The van der Waals surface area contributed by atoms with Crippen molar-refractivity contribution in [3.63, 3.8) is 0 Å². The van der Waals surface area contributed by atoms with Crippen molar-refractivity contribution < 1.29 is 0 Å². The smallest absolute Gasteiger partial charge is 0.0213 e. The average molecular weight is 225 g/mol. The van der Waals surface area contributed by atoms with E-state index < -0.39 is 0 Å². The van der Waals surface area contributed by atoms with Gasteiger partial charge >= 0.3 is 0 Å². The molecule has 97 valence electrons. The second-order valence-electron chi connectivity index (χ2n) is 6.17. The Hall–Kier alpha value is 0. The van der Waals surface area contributed by atoms with Crippen molar-refractivity contribution in [3.8, 4) is 0 Å². The van der Waals surface area contributed by atoms with E-state index >= 15 is 0 Å². The van der Waals surface area contributed by atoms with Crippen LogP contribution in [0.25, 0.3) is 0 Å². The highest BCUT2D eigenvalue weighted by Gasteiger charge is 2.38. The van der Waals surface area contributed by atoms with E-state index in [4.69, 9.17) is 0 Å². The van der Waals surface area contributed by atoms with E-state index in [1.807, 2.05) is 0 Å². The van der Waals surface area contributed by atoms with E-state index in [0.29, 0.717) is 5.41 Å². The van der Waals surface area contributed by atoms with Gasteiger partial charge in [-0.3, -0.25) is 0 Å². The van der Waals surface area contributed by atoms with Gasteiger partial charge in [-0.1, -0.05) is 67.7 Å². The van der Waals surface area contributed by atoms with Gasteiger partial charge in [-0.15, -0.1) is 0 Å². The normalized spacial score (nSPS) is 17.8. The van der Waals surface area contributed by atoms with E-state index in [1.54, 1.807) is 5.92 Å². The molecule has 0 bridgehead atoms. The first-order valence-corrected chi connectivity index (χ1v) is 7.21. The summed E-state index contributed by atoms with van der Waals surface area (Å²) in [5.41, 5.74) is 0.499. The van der Waals surface area contributed by atoms with Crippen molar-refractivity contribution in [3.05, 3.63) is 5.92 Å². The second kappa shape index (κ2) is 7.35. The van der Waals surface area contributed by atoms with Gasteiger partial charge in [0.25, 0.3) is 0 Å². The van der Waals surface area contributed by atoms with Crippen LogP contribution in [-0.2, 0) is 0 Å². The minimum absolute atomic E-state index is 0.499.